The molecule has 1 saturated heterocycles. The Morgan fingerprint density at radius 2 is 1.69 bits per heavy atom. The van der Waals surface area contributed by atoms with Crippen molar-refractivity contribution in [2.24, 2.45) is 35.5 Å². The highest BCUT2D eigenvalue weighted by Crippen LogP contribution is 2.65. The van der Waals surface area contributed by atoms with Crippen molar-refractivity contribution in [3.63, 3.8) is 0 Å². The van der Waals surface area contributed by atoms with E-state index in [1.54, 1.807) is 13.0 Å². The number of rotatable bonds is 3. The molecule has 1 heterocycles. The van der Waals surface area contributed by atoms with Gasteiger partial charge in [0.15, 0.2) is 0 Å². The fraction of sp³-hybridized carbons (Fsp3) is 0.476. The van der Waals surface area contributed by atoms with E-state index in [-0.39, 0.29) is 17.5 Å². The van der Waals surface area contributed by atoms with Crippen molar-refractivity contribution >= 4 is 23.4 Å². The van der Waals surface area contributed by atoms with Crippen molar-refractivity contribution in [2.45, 2.75) is 19.5 Å². The van der Waals surface area contributed by atoms with Crippen LogP contribution in [-0.2, 0) is 14.4 Å². The van der Waals surface area contributed by atoms with Gasteiger partial charge in [0, 0.05) is 5.69 Å². The molecule has 1 aliphatic heterocycles. The summed E-state index contributed by atoms with van der Waals surface area (Å²) in [5.74, 6) is -3.30. The Balaban J connectivity index is 1.47. The highest BCUT2D eigenvalue weighted by Gasteiger charge is 2.67. The molecule has 1 aromatic carbocycles. The van der Waals surface area contributed by atoms with E-state index in [0.29, 0.717) is 22.3 Å². The molecule has 3 amide bonds. The van der Waals surface area contributed by atoms with Gasteiger partial charge in [0.25, 0.3) is 0 Å². The molecule has 1 aromatic rings. The van der Waals surface area contributed by atoms with Crippen molar-refractivity contribution in [1.82, 2.24) is 4.90 Å². The van der Waals surface area contributed by atoms with Crippen LogP contribution in [0.1, 0.15) is 12.0 Å². The highest BCUT2D eigenvalue weighted by atomic mass is 19.4. The van der Waals surface area contributed by atoms with E-state index in [1.165, 1.54) is 18.2 Å². The molecular formula is C21H19F3N2O3. The van der Waals surface area contributed by atoms with Crippen LogP contribution in [0.2, 0.25) is 0 Å². The molecule has 4 aliphatic carbocycles. The number of hydrogen-bond acceptors (Lipinski definition) is 3. The van der Waals surface area contributed by atoms with E-state index in [2.05, 4.69) is 0 Å². The van der Waals surface area contributed by atoms with Crippen LogP contribution in [0.5, 0.6) is 0 Å². The predicted molar refractivity (Wildman–Crippen MR) is 96.1 cm³/mol. The number of imide groups is 1. The summed E-state index contributed by atoms with van der Waals surface area (Å²) in [6.07, 6.45) is -0.135. The van der Waals surface area contributed by atoms with Crippen LogP contribution in [0.4, 0.5) is 18.9 Å². The van der Waals surface area contributed by atoms with Gasteiger partial charge in [-0.2, -0.15) is 13.2 Å². The molecule has 2 saturated carbocycles. The summed E-state index contributed by atoms with van der Waals surface area (Å²) in [6, 6.07) is 6.03. The molecule has 152 valence electrons. The van der Waals surface area contributed by atoms with Gasteiger partial charge in [-0.05, 0) is 54.7 Å². The number of halogens is 3. The molecule has 29 heavy (non-hydrogen) atoms. The average molecular weight is 404 g/mol. The van der Waals surface area contributed by atoms with Crippen LogP contribution in [0.25, 0.3) is 0 Å². The van der Waals surface area contributed by atoms with Gasteiger partial charge in [0.2, 0.25) is 11.8 Å². The smallest absolute Gasteiger partial charge is 0.286 e. The van der Waals surface area contributed by atoms with Gasteiger partial charge in [0.05, 0.1) is 11.8 Å². The lowest BCUT2D eigenvalue weighted by Gasteiger charge is -2.37. The van der Waals surface area contributed by atoms with E-state index >= 15 is 0 Å². The lowest BCUT2D eigenvalue weighted by molar-refractivity contribution is -0.171. The summed E-state index contributed by atoms with van der Waals surface area (Å²) in [4.78, 5) is 39.6. The maximum Gasteiger partial charge on any atom is 0.471 e. The number of carbonyl (C=O) groups excluding carboxylic acids is 3. The second-order valence-electron chi connectivity index (χ2n) is 8.47. The van der Waals surface area contributed by atoms with E-state index in [4.69, 9.17) is 0 Å². The van der Waals surface area contributed by atoms with Gasteiger partial charge >= 0.3 is 12.1 Å². The minimum atomic E-state index is -5.12. The number of amides is 3. The molecule has 6 atom stereocenters. The summed E-state index contributed by atoms with van der Waals surface area (Å²) >= 11 is 0. The second-order valence-corrected chi connectivity index (χ2v) is 8.47. The third-order valence-electron chi connectivity index (χ3n) is 6.84. The molecule has 2 bridgehead atoms. The van der Waals surface area contributed by atoms with Crippen LogP contribution in [0, 0.1) is 42.4 Å². The molecule has 6 rings (SSSR count). The second kappa shape index (κ2) is 5.93. The Morgan fingerprint density at radius 1 is 1.10 bits per heavy atom. The monoisotopic (exact) mass is 404 g/mol. The first-order valence-corrected chi connectivity index (χ1v) is 9.67. The zero-order chi connectivity index (χ0) is 20.7. The minimum Gasteiger partial charge on any atom is -0.286 e. The van der Waals surface area contributed by atoms with Crippen LogP contribution in [0.15, 0.2) is 36.4 Å². The van der Waals surface area contributed by atoms with Crippen LogP contribution >= 0.6 is 0 Å². The summed E-state index contributed by atoms with van der Waals surface area (Å²) in [6.45, 7) is 0.970. The van der Waals surface area contributed by atoms with Gasteiger partial charge in [-0.25, -0.2) is 0 Å². The van der Waals surface area contributed by atoms with Crippen molar-refractivity contribution in [2.75, 3.05) is 11.6 Å². The predicted octanol–water partition coefficient (Wildman–Crippen LogP) is 2.90. The topological polar surface area (TPSA) is 57.7 Å². The van der Waals surface area contributed by atoms with Crippen LogP contribution in [-0.4, -0.2) is 35.5 Å². The first kappa shape index (κ1) is 18.4. The van der Waals surface area contributed by atoms with Gasteiger partial charge in [0.1, 0.15) is 6.67 Å². The molecule has 0 unspecified atom stereocenters. The maximum absolute atomic E-state index is 13.3. The Bertz CT molecular complexity index is 921. The lowest BCUT2D eigenvalue weighted by atomic mass is 9.63. The Morgan fingerprint density at radius 3 is 2.21 bits per heavy atom. The number of likely N-dealkylation sites (tertiary alicyclic amines) is 1. The van der Waals surface area contributed by atoms with Crippen molar-refractivity contribution in [3.05, 3.63) is 42.0 Å². The summed E-state index contributed by atoms with van der Waals surface area (Å²) in [7, 11) is 0. The Hall–Kier alpha value is -2.64. The molecule has 5 aliphatic rings. The average Bonchev–Trinajstić information content (AvgIpc) is 3.44. The van der Waals surface area contributed by atoms with Gasteiger partial charge in [-0.3, -0.25) is 24.2 Å². The van der Waals surface area contributed by atoms with Crippen molar-refractivity contribution < 1.29 is 27.6 Å². The van der Waals surface area contributed by atoms with Crippen molar-refractivity contribution in [3.8, 4) is 0 Å². The number of hydrogen-bond donors (Lipinski definition) is 0. The molecule has 0 radical (unpaired) electrons. The van der Waals surface area contributed by atoms with Crippen molar-refractivity contribution in [1.29, 1.82) is 0 Å². The zero-order valence-corrected chi connectivity index (χ0v) is 15.6. The number of anilines is 1. The molecule has 0 spiro atoms. The first-order chi connectivity index (χ1) is 13.7. The van der Waals surface area contributed by atoms with E-state index in [9.17, 15) is 27.6 Å². The normalized spacial score (nSPS) is 34.3. The lowest BCUT2D eigenvalue weighted by Crippen LogP contribution is -2.49. The highest BCUT2D eigenvalue weighted by molar-refractivity contribution is 6.07. The Labute approximate surface area is 165 Å². The number of alkyl halides is 3. The molecular weight excluding hydrogens is 385 g/mol. The van der Waals surface area contributed by atoms with Gasteiger partial charge in [-0.1, -0.05) is 24.3 Å². The fourth-order valence-electron chi connectivity index (χ4n) is 5.51. The number of benzene rings is 1. The first-order valence-electron chi connectivity index (χ1n) is 9.67. The van der Waals surface area contributed by atoms with Crippen LogP contribution < -0.4 is 4.90 Å². The number of carbonyl (C=O) groups is 3. The van der Waals surface area contributed by atoms with Gasteiger partial charge < -0.3 is 0 Å². The number of aryl methyl sites for hydroxylation is 1. The largest absolute Gasteiger partial charge is 0.471 e. The quantitative estimate of drug-likeness (QED) is 0.575. The standard InChI is InChI=1S/C21H19F3N2O3/c1-10-3-2-4-11(7-10)25(20(29)21(22,23)24)9-26-18(27)16-12-5-6-13(15-8-14(12)15)17(16)19(26)28/h2-7,12-17H,8-9H2,1H3/t12-,13-,14-,15-,16+,17+/m1/s1. The molecule has 5 nitrogen and oxygen atoms in total. The molecule has 0 aromatic heterocycles. The summed E-state index contributed by atoms with van der Waals surface area (Å²) in [5, 5.41) is 0. The SMILES string of the molecule is Cc1cccc(N(CN2C(=O)[C@H]3[C@@H]4C=C[C@H]([C@H]5C[C@H]45)[C@@H]3C2=O)C(=O)C(F)(F)F)c1. The third-order valence-corrected chi connectivity index (χ3v) is 6.84. The third kappa shape index (κ3) is 2.64. The number of nitrogens with zero attached hydrogens (tertiary/aromatic N) is 2. The van der Waals surface area contributed by atoms with E-state index in [0.717, 1.165) is 11.3 Å². The number of allylic oxidation sites excluding steroid dienone is 2. The summed E-state index contributed by atoms with van der Waals surface area (Å²) in [5.41, 5.74) is 0.671. The molecule has 3 fully saturated rings. The van der Waals surface area contributed by atoms with Gasteiger partial charge in [-0.15, -0.1) is 0 Å². The van der Waals surface area contributed by atoms with E-state index in [1.807, 2.05) is 12.2 Å². The summed E-state index contributed by atoms with van der Waals surface area (Å²) < 4.78 is 39.8. The zero-order valence-electron chi connectivity index (χ0n) is 15.6. The molecule has 8 heteroatoms. The Kier molecular flexibility index (Phi) is 3.76. The maximum atomic E-state index is 13.3. The molecule has 0 N–H and O–H groups in total. The van der Waals surface area contributed by atoms with E-state index < -0.39 is 42.4 Å². The minimum absolute atomic E-state index is 0.00624. The fourth-order valence-corrected chi connectivity index (χ4v) is 5.51. The van der Waals surface area contributed by atoms with Crippen LogP contribution in [0.3, 0.4) is 0 Å².